The van der Waals surface area contributed by atoms with E-state index in [4.69, 9.17) is 14.1 Å². The molecule has 192 valence electrons. The van der Waals surface area contributed by atoms with Crippen molar-refractivity contribution in [1.29, 1.82) is 0 Å². The number of carbonyl (C=O) groups excluding carboxylic acids is 1. The highest BCUT2D eigenvalue weighted by molar-refractivity contribution is 5.86. The Bertz CT molecular complexity index is 1250. The lowest BCUT2D eigenvalue weighted by Crippen LogP contribution is -2.59. The van der Waals surface area contributed by atoms with Crippen molar-refractivity contribution in [2.24, 2.45) is 5.92 Å². The molecular formula is C27H35N5O4. The quantitative estimate of drug-likeness (QED) is 0.457. The van der Waals surface area contributed by atoms with Gasteiger partial charge in [-0.25, -0.2) is 9.78 Å². The fourth-order valence-corrected chi connectivity index (χ4v) is 4.40. The number of nitrogens with one attached hydrogen (secondary N) is 2. The van der Waals surface area contributed by atoms with Gasteiger partial charge in [0, 0.05) is 30.8 Å². The Labute approximate surface area is 211 Å². The van der Waals surface area contributed by atoms with Crippen LogP contribution in [0.25, 0.3) is 16.7 Å². The van der Waals surface area contributed by atoms with E-state index in [0.717, 1.165) is 39.3 Å². The predicted molar refractivity (Wildman–Crippen MR) is 141 cm³/mol. The number of piperidine rings is 1. The SMILES string of the molecule is C=C(C)c1coc2ccc(CNc3cnccc3N3C[C@H](C)[C@@H](O)[C@H](NC(=O)OC(C)(C)C)C3)nc12. The van der Waals surface area contributed by atoms with E-state index in [1.54, 1.807) is 18.7 Å². The van der Waals surface area contributed by atoms with Crippen molar-refractivity contribution in [2.45, 2.75) is 58.9 Å². The number of alkyl carbamates (subject to hydrolysis) is 1. The molecule has 3 aromatic rings. The number of aliphatic hydroxyl groups excluding tert-OH is 1. The van der Waals surface area contributed by atoms with Gasteiger partial charge in [0.05, 0.1) is 42.0 Å². The fourth-order valence-electron chi connectivity index (χ4n) is 4.40. The number of aromatic nitrogens is 2. The van der Waals surface area contributed by atoms with Crippen LogP contribution in [0, 0.1) is 5.92 Å². The number of carbonyl (C=O) groups is 1. The third-order valence-corrected chi connectivity index (χ3v) is 6.16. The summed E-state index contributed by atoms with van der Waals surface area (Å²) in [6.07, 6.45) is 3.98. The average molecular weight is 494 g/mol. The molecule has 1 fully saturated rings. The number of hydrogen-bond acceptors (Lipinski definition) is 8. The van der Waals surface area contributed by atoms with Crippen LogP contribution in [0.2, 0.25) is 0 Å². The summed E-state index contributed by atoms with van der Waals surface area (Å²) in [5, 5.41) is 17.1. The largest absolute Gasteiger partial charge is 0.462 e. The molecule has 3 atom stereocenters. The number of hydrogen-bond donors (Lipinski definition) is 3. The Morgan fingerprint density at radius 3 is 2.81 bits per heavy atom. The molecular weight excluding hydrogens is 458 g/mol. The third kappa shape index (κ3) is 5.79. The van der Waals surface area contributed by atoms with Crippen molar-refractivity contribution in [3.63, 3.8) is 0 Å². The molecule has 1 aliphatic rings. The summed E-state index contributed by atoms with van der Waals surface area (Å²) in [4.78, 5) is 23.6. The number of anilines is 2. The van der Waals surface area contributed by atoms with Gasteiger partial charge in [-0.1, -0.05) is 13.5 Å². The summed E-state index contributed by atoms with van der Waals surface area (Å²) in [6, 6.07) is 5.30. The number of nitrogens with zero attached hydrogens (tertiary/aromatic N) is 3. The number of fused-ring (bicyclic) bond motifs is 1. The minimum atomic E-state index is -0.680. The zero-order valence-corrected chi connectivity index (χ0v) is 21.5. The van der Waals surface area contributed by atoms with Gasteiger partial charge in [0.25, 0.3) is 0 Å². The van der Waals surface area contributed by atoms with Gasteiger partial charge in [-0.2, -0.15) is 0 Å². The number of allylic oxidation sites excluding steroid dienone is 1. The summed E-state index contributed by atoms with van der Waals surface area (Å²) < 4.78 is 11.0. The molecule has 0 aliphatic carbocycles. The molecule has 3 aromatic heterocycles. The zero-order chi connectivity index (χ0) is 26.0. The minimum Gasteiger partial charge on any atom is -0.462 e. The number of ether oxygens (including phenoxy) is 1. The number of furan rings is 1. The van der Waals surface area contributed by atoms with Crippen molar-refractivity contribution < 1.29 is 19.1 Å². The van der Waals surface area contributed by atoms with Crippen LogP contribution in [-0.4, -0.2) is 52.0 Å². The van der Waals surface area contributed by atoms with Crippen LogP contribution >= 0.6 is 0 Å². The molecule has 1 aliphatic heterocycles. The Morgan fingerprint density at radius 2 is 2.08 bits per heavy atom. The van der Waals surface area contributed by atoms with Crippen molar-refractivity contribution in [1.82, 2.24) is 15.3 Å². The first-order valence-electron chi connectivity index (χ1n) is 12.1. The predicted octanol–water partition coefficient (Wildman–Crippen LogP) is 4.58. The molecule has 4 rings (SSSR count). The number of rotatable bonds is 6. The summed E-state index contributed by atoms with van der Waals surface area (Å²) in [5.74, 6) is -0.0644. The molecule has 3 N–H and O–H groups in total. The summed E-state index contributed by atoms with van der Waals surface area (Å²) in [6.45, 7) is 14.9. The molecule has 9 nitrogen and oxygen atoms in total. The lowest BCUT2D eigenvalue weighted by Gasteiger charge is -2.42. The van der Waals surface area contributed by atoms with Crippen LogP contribution < -0.4 is 15.5 Å². The van der Waals surface area contributed by atoms with E-state index in [2.05, 4.69) is 27.1 Å². The molecule has 1 saturated heterocycles. The normalized spacial score (nSPS) is 20.3. The topological polar surface area (TPSA) is 113 Å². The standard InChI is InChI=1S/C27H35N5O4/c1-16(2)19-15-35-23-8-7-18(30-24(19)23)11-29-20-12-28-10-9-22(20)32-13-17(3)25(33)21(14-32)31-26(34)36-27(4,5)6/h7-10,12,15,17,21,25,29,33H,1,11,13-14H2,2-6H3,(H,31,34)/t17-,21+,25+/m0/s1. The second-order valence-electron chi connectivity index (χ2n) is 10.5. The highest BCUT2D eigenvalue weighted by Crippen LogP contribution is 2.30. The number of pyridine rings is 2. The smallest absolute Gasteiger partial charge is 0.408 e. The Balaban J connectivity index is 1.50. The molecule has 9 heteroatoms. The van der Waals surface area contributed by atoms with Gasteiger partial charge in [0.1, 0.15) is 17.4 Å². The van der Waals surface area contributed by atoms with Gasteiger partial charge in [-0.15, -0.1) is 0 Å². The Hall–Kier alpha value is -3.59. The molecule has 0 spiro atoms. The van der Waals surface area contributed by atoms with Gasteiger partial charge in [-0.3, -0.25) is 4.98 Å². The van der Waals surface area contributed by atoms with E-state index >= 15 is 0 Å². The van der Waals surface area contributed by atoms with Crippen LogP contribution in [0.3, 0.4) is 0 Å². The van der Waals surface area contributed by atoms with E-state index in [-0.39, 0.29) is 5.92 Å². The maximum Gasteiger partial charge on any atom is 0.408 e. The van der Waals surface area contributed by atoms with Crippen molar-refractivity contribution in [3.05, 3.63) is 54.7 Å². The van der Waals surface area contributed by atoms with Gasteiger partial charge < -0.3 is 29.8 Å². The number of aliphatic hydroxyl groups is 1. The van der Waals surface area contributed by atoms with E-state index in [1.165, 1.54) is 0 Å². The average Bonchev–Trinajstić information content (AvgIpc) is 3.23. The fraction of sp³-hybridized carbons (Fsp3) is 0.444. The van der Waals surface area contributed by atoms with E-state index in [0.29, 0.717) is 19.6 Å². The Morgan fingerprint density at radius 1 is 1.31 bits per heavy atom. The zero-order valence-electron chi connectivity index (χ0n) is 21.5. The molecule has 0 unspecified atom stereocenters. The molecule has 1 amide bonds. The molecule has 0 radical (unpaired) electrons. The van der Waals surface area contributed by atoms with Gasteiger partial charge in [0.2, 0.25) is 0 Å². The molecule has 0 saturated carbocycles. The van der Waals surface area contributed by atoms with Crippen LogP contribution in [0.4, 0.5) is 16.2 Å². The van der Waals surface area contributed by atoms with Crippen molar-refractivity contribution >= 4 is 34.1 Å². The lowest BCUT2D eigenvalue weighted by atomic mass is 9.92. The first-order chi connectivity index (χ1) is 17.0. The molecule has 0 bridgehead atoms. The lowest BCUT2D eigenvalue weighted by molar-refractivity contribution is 0.0303. The van der Waals surface area contributed by atoms with Crippen LogP contribution in [-0.2, 0) is 11.3 Å². The second kappa shape index (κ2) is 10.2. The van der Waals surface area contributed by atoms with Crippen LogP contribution in [0.1, 0.15) is 45.9 Å². The summed E-state index contributed by atoms with van der Waals surface area (Å²) in [7, 11) is 0. The molecule has 4 heterocycles. The summed E-state index contributed by atoms with van der Waals surface area (Å²) >= 11 is 0. The first-order valence-corrected chi connectivity index (χ1v) is 12.1. The number of amides is 1. The molecule has 0 aromatic carbocycles. The van der Waals surface area contributed by atoms with E-state index in [9.17, 15) is 9.90 Å². The molecule has 36 heavy (non-hydrogen) atoms. The van der Waals surface area contributed by atoms with E-state index in [1.807, 2.05) is 52.8 Å². The van der Waals surface area contributed by atoms with Crippen LogP contribution in [0.5, 0.6) is 0 Å². The van der Waals surface area contributed by atoms with Gasteiger partial charge in [-0.05, 0) is 51.5 Å². The second-order valence-corrected chi connectivity index (χ2v) is 10.5. The van der Waals surface area contributed by atoms with Crippen LogP contribution in [0.15, 0.2) is 47.9 Å². The summed E-state index contributed by atoms with van der Waals surface area (Å²) in [5.41, 5.74) is 5.34. The highest BCUT2D eigenvalue weighted by atomic mass is 16.6. The monoisotopic (exact) mass is 493 g/mol. The van der Waals surface area contributed by atoms with Gasteiger partial charge in [0.15, 0.2) is 5.58 Å². The van der Waals surface area contributed by atoms with Gasteiger partial charge >= 0.3 is 6.09 Å². The van der Waals surface area contributed by atoms with E-state index < -0.39 is 23.8 Å². The Kier molecular flexibility index (Phi) is 7.21. The minimum absolute atomic E-state index is 0.0644. The first kappa shape index (κ1) is 25.5. The maximum absolute atomic E-state index is 12.4. The third-order valence-electron chi connectivity index (χ3n) is 6.16. The van der Waals surface area contributed by atoms with Crippen molar-refractivity contribution in [2.75, 3.05) is 23.3 Å². The van der Waals surface area contributed by atoms with Crippen molar-refractivity contribution in [3.8, 4) is 0 Å². The maximum atomic E-state index is 12.4. The highest BCUT2D eigenvalue weighted by Gasteiger charge is 2.36.